The summed E-state index contributed by atoms with van der Waals surface area (Å²) < 4.78 is 37.9. The zero-order chi connectivity index (χ0) is 24.1. The molecule has 9 nitrogen and oxygen atoms in total. The van der Waals surface area contributed by atoms with Gasteiger partial charge in [0, 0.05) is 38.1 Å². The number of rotatable bonds is 7. The lowest BCUT2D eigenvalue weighted by molar-refractivity contribution is -0.127. The summed E-state index contributed by atoms with van der Waals surface area (Å²) in [6.45, 7) is 4.13. The Morgan fingerprint density at radius 3 is 2.29 bits per heavy atom. The van der Waals surface area contributed by atoms with E-state index in [-0.39, 0.29) is 28.7 Å². The minimum absolute atomic E-state index is 0.0127. The fourth-order valence-electron chi connectivity index (χ4n) is 4.48. The number of amides is 2. The van der Waals surface area contributed by atoms with Gasteiger partial charge in [0.2, 0.25) is 15.9 Å². The van der Waals surface area contributed by atoms with Gasteiger partial charge in [0.15, 0.2) is 5.76 Å². The first-order valence-corrected chi connectivity index (χ1v) is 13.2. The van der Waals surface area contributed by atoms with Gasteiger partial charge in [-0.3, -0.25) is 9.59 Å². The molecule has 2 aromatic rings. The second-order valence-corrected chi connectivity index (χ2v) is 10.6. The van der Waals surface area contributed by atoms with Gasteiger partial charge in [-0.25, -0.2) is 8.42 Å². The molecule has 0 spiro atoms. The molecule has 2 aliphatic rings. The number of nitrogens with one attached hydrogen (secondary N) is 1. The molecule has 10 heteroatoms. The van der Waals surface area contributed by atoms with Crippen LogP contribution in [0.1, 0.15) is 43.2 Å². The SMILES string of the molecule is CCOc1ccc(S(=O)(=O)N2CCC(C(=O)NC3CCN(C(=O)c4ccco4)CC3)CC2)cc1. The largest absolute Gasteiger partial charge is 0.494 e. The van der Waals surface area contributed by atoms with Crippen LogP contribution >= 0.6 is 0 Å². The fourth-order valence-corrected chi connectivity index (χ4v) is 5.95. The molecule has 184 valence electrons. The molecule has 2 fully saturated rings. The Morgan fingerprint density at radius 1 is 1.03 bits per heavy atom. The smallest absolute Gasteiger partial charge is 0.289 e. The van der Waals surface area contributed by atoms with Crippen molar-refractivity contribution < 1.29 is 27.2 Å². The summed E-state index contributed by atoms with van der Waals surface area (Å²) in [5, 5.41) is 3.10. The number of nitrogens with zero attached hydrogens (tertiary/aromatic N) is 2. The number of furan rings is 1. The molecule has 2 aliphatic heterocycles. The van der Waals surface area contributed by atoms with Crippen molar-refractivity contribution in [3.63, 3.8) is 0 Å². The molecule has 0 aliphatic carbocycles. The normalized spacial score (nSPS) is 18.6. The maximum absolute atomic E-state index is 13.0. The molecule has 3 heterocycles. The van der Waals surface area contributed by atoms with E-state index in [1.54, 1.807) is 41.3 Å². The minimum Gasteiger partial charge on any atom is -0.494 e. The van der Waals surface area contributed by atoms with Gasteiger partial charge in [-0.05, 0) is 69.0 Å². The van der Waals surface area contributed by atoms with Crippen LogP contribution in [-0.4, -0.2) is 68.3 Å². The van der Waals surface area contributed by atoms with Crippen LogP contribution in [0.4, 0.5) is 0 Å². The predicted octanol–water partition coefficient (Wildman–Crippen LogP) is 2.50. The molecular weight excluding hydrogens is 458 g/mol. The molecule has 1 aromatic heterocycles. The molecule has 0 unspecified atom stereocenters. The van der Waals surface area contributed by atoms with Crippen molar-refractivity contribution in [1.29, 1.82) is 0 Å². The first-order valence-electron chi connectivity index (χ1n) is 11.7. The van der Waals surface area contributed by atoms with Gasteiger partial charge in [0.1, 0.15) is 5.75 Å². The zero-order valence-corrected chi connectivity index (χ0v) is 20.1. The quantitative estimate of drug-likeness (QED) is 0.640. The van der Waals surface area contributed by atoms with Crippen molar-refractivity contribution in [3.05, 3.63) is 48.4 Å². The minimum atomic E-state index is -3.60. The van der Waals surface area contributed by atoms with Crippen molar-refractivity contribution in [1.82, 2.24) is 14.5 Å². The van der Waals surface area contributed by atoms with Gasteiger partial charge in [-0.15, -0.1) is 0 Å². The summed E-state index contributed by atoms with van der Waals surface area (Å²) in [6.07, 6.45) is 3.82. The molecular formula is C24H31N3O6S. The van der Waals surface area contributed by atoms with Crippen LogP contribution in [0.25, 0.3) is 0 Å². The summed E-state index contributed by atoms with van der Waals surface area (Å²) in [5.74, 6) is 0.585. The summed E-state index contributed by atoms with van der Waals surface area (Å²) >= 11 is 0. The van der Waals surface area contributed by atoms with Crippen molar-refractivity contribution >= 4 is 21.8 Å². The Balaban J connectivity index is 1.24. The summed E-state index contributed by atoms with van der Waals surface area (Å²) in [7, 11) is -3.60. The van der Waals surface area contributed by atoms with Crippen LogP contribution in [0.5, 0.6) is 5.75 Å². The lowest BCUT2D eigenvalue weighted by atomic mass is 9.96. The third-order valence-electron chi connectivity index (χ3n) is 6.46. The molecule has 2 amide bonds. The number of ether oxygens (including phenoxy) is 1. The van der Waals surface area contributed by atoms with E-state index in [1.165, 1.54) is 10.6 Å². The number of piperidine rings is 2. The van der Waals surface area contributed by atoms with Crippen LogP contribution in [0, 0.1) is 5.92 Å². The van der Waals surface area contributed by atoms with Crippen molar-refractivity contribution in [2.75, 3.05) is 32.8 Å². The Labute approximate surface area is 200 Å². The van der Waals surface area contributed by atoms with Crippen molar-refractivity contribution in [2.45, 2.75) is 43.5 Å². The Bertz CT molecular complexity index is 1070. The highest BCUT2D eigenvalue weighted by Gasteiger charge is 2.33. The van der Waals surface area contributed by atoms with Crippen LogP contribution in [-0.2, 0) is 14.8 Å². The monoisotopic (exact) mass is 489 g/mol. The molecule has 2 saturated heterocycles. The molecule has 0 saturated carbocycles. The lowest BCUT2D eigenvalue weighted by Crippen LogP contribution is -2.49. The van der Waals surface area contributed by atoms with Gasteiger partial charge in [-0.2, -0.15) is 4.31 Å². The van der Waals surface area contributed by atoms with E-state index in [4.69, 9.17) is 9.15 Å². The molecule has 4 rings (SSSR count). The number of carbonyl (C=O) groups is 2. The second-order valence-electron chi connectivity index (χ2n) is 8.64. The lowest BCUT2D eigenvalue weighted by Gasteiger charge is -2.34. The van der Waals surface area contributed by atoms with E-state index in [2.05, 4.69) is 5.32 Å². The van der Waals surface area contributed by atoms with Gasteiger partial charge in [0.05, 0.1) is 17.8 Å². The molecule has 0 radical (unpaired) electrons. The average molecular weight is 490 g/mol. The molecule has 0 bridgehead atoms. The van der Waals surface area contributed by atoms with E-state index in [0.717, 1.165) is 0 Å². The van der Waals surface area contributed by atoms with Crippen LogP contribution in [0.2, 0.25) is 0 Å². The third-order valence-corrected chi connectivity index (χ3v) is 8.37. The maximum atomic E-state index is 13.0. The second kappa shape index (κ2) is 10.6. The van der Waals surface area contributed by atoms with E-state index < -0.39 is 10.0 Å². The first kappa shape index (κ1) is 24.3. The standard InChI is InChI=1S/C24H31N3O6S/c1-2-32-20-5-7-21(8-6-20)34(30,31)27-15-9-18(10-16-27)23(28)25-19-11-13-26(14-12-19)24(29)22-4-3-17-33-22/h3-8,17-19H,2,9-16H2,1H3,(H,25,28). The van der Waals surface area contributed by atoms with E-state index in [0.29, 0.717) is 70.0 Å². The molecule has 1 aromatic carbocycles. The van der Waals surface area contributed by atoms with Crippen molar-refractivity contribution in [3.8, 4) is 5.75 Å². The highest BCUT2D eigenvalue weighted by atomic mass is 32.2. The highest BCUT2D eigenvalue weighted by molar-refractivity contribution is 7.89. The molecule has 34 heavy (non-hydrogen) atoms. The number of hydrogen-bond acceptors (Lipinski definition) is 6. The Kier molecular flexibility index (Phi) is 7.57. The highest BCUT2D eigenvalue weighted by Crippen LogP contribution is 2.26. The number of likely N-dealkylation sites (tertiary alicyclic amines) is 1. The molecule has 1 N–H and O–H groups in total. The number of sulfonamides is 1. The third kappa shape index (κ3) is 5.44. The Morgan fingerprint density at radius 2 is 1.71 bits per heavy atom. The summed E-state index contributed by atoms with van der Waals surface area (Å²) in [5.41, 5.74) is 0. The van der Waals surface area contributed by atoms with Gasteiger partial charge in [-0.1, -0.05) is 0 Å². The average Bonchev–Trinajstić information content (AvgIpc) is 3.40. The molecule has 0 atom stereocenters. The van der Waals surface area contributed by atoms with Crippen LogP contribution in [0.3, 0.4) is 0 Å². The van der Waals surface area contributed by atoms with E-state index >= 15 is 0 Å². The summed E-state index contributed by atoms with van der Waals surface area (Å²) in [4.78, 5) is 27.2. The number of carbonyl (C=O) groups excluding carboxylic acids is 2. The van der Waals surface area contributed by atoms with Crippen molar-refractivity contribution in [2.24, 2.45) is 5.92 Å². The van der Waals surface area contributed by atoms with Gasteiger partial charge >= 0.3 is 0 Å². The Hall–Kier alpha value is -2.85. The predicted molar refractivity (Wildman–Crippen MR) is 125 cm³/mol. The summed E-state index contributed by atoms with van der Waals surface area (Å²) in [6, 6.07) is 9.78. The van der Waals surface area contributed by atoms with E-state index in [9.17, 15) is 18.0 Å². The first-order chi connectivity index (χ1) is 16.4. The van der Waals surface area contributed by atoms with Gasteiger partial charge in [0.25, 0.3) is 5.91 Å². The number of hydrogen-bond donors (Lipinski definition) is 1. The number of benzene rings is 1. The zero-order valence-electron chi connectivity index (χ0n) is 19.3. The van der Waals surface area contributed by atoms with Crippen LogP contribution < -0.4 is 10.1 Å². The van der Waals surface area contributed by atoms with Crippen LogP contribution in [0.15, 0.2) is 52.0 Å². The van der Waals surface area contributed by atoms with Gasteiger partial charge < -0.3 is 19.4 Å². The topological polar surface area (TPSA) is 109 Å². The fraction of sp³-hybridized carbons (Fsp3) is 0.500. The van der Waals surface area contributed by atoms with E-state index in [1.807, 2.05) is 6.92 Å². The maximum Gasteiger partial charge on any atom is 0.289 e.